The highest BCUT2D eigenvalue weighted by atomic mass is 35.5. The Balaban J connectivity index is 1.82. The predicted molar refractivity (Wildman–Crippen MR) is 79.6 cm³/mol. The van der Waals surface area contributed by atoms with E-state index in [1.165, 1.54) is 12.8 Å². The number of aromatic nitrogens is 2. The lowest BCUT2D eigenvalue weighted by molar-refractivity contribution is 0.183. The molecule has 1 aromatic carbocycles. The molecule has 2 N–H and O–H groups in total. The standard InChI is InChI=1S/C15H18ClN3O/c16-13-3-1-2-11(8-13)15-12(9-17-18-15)10-19(6-7-20)14-4-5-14/h1-3,8-9,14,20H,4-7,10H2,(H,17,18). The molecule has 106 valence electrons. The number of hydrogen-bond donors (Lipinski definition) is 2. The number of aromatic amines is 1. The highest BCUT2D eigenvalue weighted by Gasteiger charge is 2.29. The Morgan fingerprint density at radius 2 is 2.25 bits per heavy atom. The molecule has 20 heavy (non-hydrogen) atoms. The van der Waals surface area contributed by atoms with Crippen molar-refractivity contribution in [3.05, 3.63) is 41.0 Å². The Morgan fingerprint density at radius 1 is 1.40 bits per heavy atom. The number of H-pyrrole nitrogens is 1. The van der Waals surface area contributed by atoms with Crippen LogP contribution in [-0.2, 0) is 6.54 Å². The van der Waals surface area contributed by atoms with Gasteiger partial charge in [-0.15, -0.1) is 0 Å². The smallest absolute Gasteiger partial charge is 0.0695 e. The summed E-state index contributed by atoms with van der Waals surface area (Å²) in [6.07, 6.45) is 4.32. The number of hydrogen-bond acceptors (Lipinski definition) is 3. The van der Waals surface area contributed by atoms with Crippen LogP contribution in [0.2, 0.25) is 5.02 Å². The molecule has 0 amide bonds. The van der Waals surface area contributed by atoms with Crippen molar-refractivity contribution in [3.63, 3.8) is 0 Å². The van der Waals surface area contributed by atoms with E-state index < -0.39 is 0 Å². The van der Waals surface area contributed by atoms with Gasteiger partial charge in [0, 0.05) is 35.3 Å². The van der Waals surface area contributed by atoms with Gasteiger partial charge in [0.05, 0.1) is 18.5 Å². The minimum Gasteiger partial charge on any atom is -0.395 e. The predicted octanol–water partition coefficient (Wildman–Crippen LogP) is 2.69. The van der Waals surface area contributed by atoms with E-state index in [4.69, 9.17) is 11.6 Å². The summed E-state index contributed by atoms with van der Waals surface area (Å²) in [7, 11) is 0. The van der Waals surface area contributed by atoms with Gasteiger partial charge in [-0.05, 0) is 25.0 Å². The quantitative estimate of drug-likeness (QED) is 0.860. The molecule has 0 saturated heterocycles. The third-order valence-electron chi connectivity index (χ3n) is 3.66. The van der Waals surface area contributed by atoms with Crippen LogP contribution in [0, 0.1) is 0 Å². The third kappa shape index (κ3) is 3.03. The maximum absolute atomic E-state index is 9.18. The molecule has 0 bridgehead atoms. The molecular formula is C15H18ClN3O. The first-order chi connectivity index (χ1) is 9.78. The van der Waals surface area contributed by atoms with E-state index in [1.807, 2.05) is 30.5 Å². The van der Waals surface area contributed by atoms with Crippen LogP contribution in [-0.4, -0.2) is 39.4 Å². The average Bonchev–Trinajstić information content (AvgIpc) is 3.18. The number of aliphatic hydroxyl groups is 1. The van der Waals surface area contributed by atoms with Crippen molar-refractivity contribution in [2.45, 2.75) is 25.4 Å². The van der Waals surface area contributed by atoms with Crippen LogP contribution >= 0.6 is 11.6 Å². The first kappa shape index (κ1) is 13.6. The molecule has 4 nitrogen and oxygen atoms in total. The fraction of sp³-hybridized carbons (Fsp3) is 0.400. The number of rotatable bonds is 6. The first-order valence-corrected chi connectivity index (χ1v) is 7.29. The highest BCUT2D eigenvalue weighted by molar-refractivity contribution is 6.30. The molecule has 1 aliphatic carbocycles. The van der Waals surface area contributed by atoms with Crippen molar-refractivity contribution in [3.8, 4) is 11.3 Å². The van der Waals surface area contributed by atoms with E-state index in [1.54, 1.807) is 0 Å². The van der Waals surface area contributed by atoms with Gasteiger partial charge in [-0.25, -0.2) is 0 Å². The zero-order chi connectivity index (χ0) is 13.9. The second-order valence-corrected chi connectivity index (χ2v) is 5.64. The van der Waals surface area contributed by atoms with E-state index in [0.29, 0.717) is 12.6 Å². The third-order valence-corrected chi connectivity index (χ3v) is 3.89. The van der Waals surface area contributed by atoms with Crippen molar-refractivity contribution < 1.29 is 5.11 Å². The van der Waals surface area contributed by atoms with Gasteiger partial charge < -0.3 is 5.11 Å². The molecule has 0 radical (unpaired) electrons. The van der Waals surface area contributed by atoms with E-state index in [9.17, 15) is 5.11 Å². The lowest BCUT2D eigenvalue weighted by Crippen LogP contribution is -2.28. The summed E-state index contributed by atoms with van der Waals surface area (Å²) in [6, 6.07) is 8.38. The van der Waals surface area contributed by atoms with Crippen LogP contribution in [0.4, 0.5) is 0 Å². The molecule has 1 aromatic heterocycles. The zero-order valence-electron chi connectivity index (χ0n) is 11.2. The Labute approximate surface area is 123 Å². The van der Waals surface area contributed by atoms with E-state index >= 15 is 0 Å². The van der Waals surface area contributed by atoms with E-state index in [0.717, 1.165) is 28.4 Å². The van der Waals surface area contributed by atoms with Crippen LogP contribution < -0.4 is 0 Å². The molecule has 1 fully saturated rings. The van der Waals surface area contributed by atoms with Gasteiger partial charge in [0.15, 0.2) is 0 Å². The average molecular weight is 292 g/mol. The molecule has 1 aliphatic rings. The number of benzene rings is 1. The van der Waals surface area contributed by atoms with Crippen LogP contribution in [0.1, 0.15) is 18.4 Å². The van der Waals surface area contributed by atoms with Crippen molar-refractivity contribution in [1.29, 1.82) is 0 Å². The fourth-order valence-electron chi connectivity index (χ4n) is 2.50. The van der Waals surface area contributed by atoms with Crippen molar-refractivity contribution in [1.82, 2.24) is 15.1 Å². The molecule has 5 heteroatoms. The number of nitrogens with zero attached hydrogens (tertiary/aromatic N) is 2. The van der Waals surface area contributed by atoms with Gasteiger partial charge in [0.2, 0.25) is 0 Å². The SMILES string of the molecule is OCCN(Cc1cn[nH]c1-c1cccc(Cl)c1)C1CC1. The minimum atomic E-state index is 0.195. The molecule has 0 atom stereocenters. The van der Waals surface area contributed by atoms with Gasteiger partial charge in [-0.1, -0.05) is 23.7 Å². The summed E-state index contributed by atoms with van der Waals surface area (Å²) in [6.45, 7) is 1.72. The summed E-state index contributed by atoms with van der Waals surface area (Å²) in [5.41, 5.74) is 3.20. The topological polar surface area (TPSA) is 52.1 Å². The maximum atomic E-state index is 9.18. The Bertz CT molecular complexity index is 580. The summed E-state index contributed by atoms with van der Waals surface area (Å²) >= 11 is 6.05. The lowest BCUT2D eigenvalue weighted by Gasteiger charge is -2.20. The van der Waals surface area contributed by atoms with Crippen molar-refractivity contribution >= 4 is 11.6 Å². The van der Waals surface area contributed by atoms with Gasteiger partial charge in [0.25, 0.3) is 0 Å². The van der Waals surface area contributed by atoms with Crippen LogP contribution in [0.5, 0.6) is 0 Å². The molecule has 0 unspecified atom stereocenters. The lowest BCUT2D eigenvalue weighted by atomic mass is 10.1. The molecule has 2 aromatic rings. The number of aliphatic hydroxyl groups excluding tert-OH is 1. The Kier molecular flexibility index (Phi) is 4.05. The Morgan fingerprint density at radius 3 is 2.95 bits per heavy atom. The summed E-state index contributed by atoms with van der Waals surface area (Å²) < 4.78 is 0. The zero-order valence-corrected chi connectivity index (χ0v) is 12.0. The summed E-state index contributed by atoms with van der Waals surface area (Å²) in [4.78, 5) is 2.32. The van der Waals surface area contributed by atoms with Crippen molar-refractivity contribution in [2.24, 2.45) is 0 Å². The first-order valence-electron chi connectivity index (χ1n) is 6.91. The molecule has 1 saturated carbocycles. The maximum Gasteiger partial charge on any atom is 0.0695 e. The van der Waals surface area contributed by atoms with Crippen LogP contribution in [0.15, 0.2) is 30.5 Å². The largest absolute Gasteiger partial charge is 0.395 e. The number of halogens is 1. The molecule has 1 heterocycles. The van der Waals surface area contributed by atoms with Gasteiger partial charge in [0.1, 0.15) is 0 Å². The Hall–Kier alpha value is -1.36. The molecular weight excluding hydrogens is 274 g/mol. The van der Waals surface area contributed by atoms with Gasteiger partial charge >= 0.3 is 0 Å². The van der Waals surface area contributed by atoms with Crippen LogP contribution in [0.3, 0.4) is 0 Å². The minimum absolute atomic E-state index is 0.195. The number of nitrogens with one attached hydrogen (secondary N) is 1. The van der Waals surface area contributed by atoms with Crippen molar-refractivity contribution in [2.75, 3.05) is 13.2 Å². The monoisotopic (exact) mass is 291 g/mol. The molecule has 3 rings (SSSR count). The van der Waals surface area contributed by atoms with E-state index in [2.05, 4.69) is 15.1 Å². The molecule has 0 spiro atoms. The second kappa shape index (κ2) is 5.95. The van der Waals surface area contributed by atoms with Crippen LogP contribution in [0.25, 0.3) is 11.3 Å². The van der Waals surface area contributed by atoms with Gasteiger partial charge in [-0.3, -0.25) is 10.00 Å². The summed E-state index contributed by atoms with van der Waals surface area (Å²) in [5, 5.41) is 17.1. The summed E-state index contributed by atoms with van der Waals surface area (Å²) in [5.74, 6) is 0. The second-order valence-electron chi connectivity index (χ2n) is 5.21. The normalized spacial score (nSPS) is 14.9. The van der Waals surface area contributed by atoms with Gasteiger partial charge in [-0.2, -0.15) is 5.10 Å². The van der Waals surface area contributed by atoms with E-state index in [-0.39, 0.29) is 6.61 Å². The highest BCUT2D eigenvalue weighted by Crippen LogP contribution is 2.30. The molecule has 0 aliphatic heterocycles. The fourth-order valence-corrected chi connectivity index (χ4v) is 2.69.